The third-order valence-corrected chi connectivity index (χ3v) is 7.00. The van der Waals surface area contributed by atoms with E-state index in [2.05, 4.69) is 29.0 Å². The summed E-state index contributed by atoms with van der Waals surface area (Å²) in [6, 6.07) is 25.0. The Balaban J connectivity index is 1.43. The lowest BCUT2D eigenvalue weighted by atomic mass is 10.0. The Labute approximate surface area is 226 Å². The topological polar surface area (TPSA) is 91.1 Å². The third-order valence-electron chi connectivity index (χ3n) is 7.00. The molecule has 39 heavy (non-hydrogen) atoms. The normalized spacial score (nSPS) is 11.9. The maximum Gasteiger partial charge on any atom is 0.334 e. The minimum Gasteiger partial charge on any atom is -0.497 e. The van der Waals surface area contributed by atoms with E-state index in [9.17, 15) is 9.59 Å². The first-order valence-electron chi connectivity index (χ1n) is 13.2. The Bertz CT molecular complexity index is 1650. The number of nitrogens with one attached hydrogen (secondary N) is 1. The largest absolute Gasteiger partial charge is 0.497 e. The summed E-state index contributed by atoms with van der Waals surface area (Å²) in [5.74, 6) is 1.29. The quantitative estimate of drug-likeness (QED) is 0.249. The van der Waals surface area contributed by atoms with Crippen LogP contribution in [-0.2, 0) is 13.0 Å². The van der Waals surface area contributed by atoms with E-state index in [4.69, 9.17) is 9.47 Å². The predicted molar refractivity (Wildman–Crippen MR) is 152 cm³/mol. The number of benzene rings is 3. The fourth-order valence-electron chi connectivity index (χ4n) is 4.89. The molecular weight excluding hydrogens is 492 g/mol. The molecule has 0 aliphatic heterocycles. The van der Waals surface area contributed by atoms with Gasteiger partial charge in [0.15, 0.2) is 11.2 Å². The zero-order chi connectivity index (χ0) is 27.2. The molecule has 8 heteroatoms. The Morgan fingerprint density at radius 2 is 1.67 bits per heavy atom. The van der Waals surface area contributed by atoms with Crippen LogP contribution >= 0.6 is 0 Å². The zero-order valence-corrected chi connectivity index (χ0v) is 22.2. The number of rotatable bonds is 11. The van der Waals surface area contributed by atoms with Crippen molar-refractivity contribution < 1.29 is 9.47 Å². The van der Waals surface area contributed by atoms with Crippen molar-refractivity contribution >= 4 is 11.2 Å². The summed E-state index contributed by atoms with van der Waals surface area (Å²) in [7, 11) is 1.66. The molecule has 0 saturated heterocycles. The van der Waals surface area contributed by atoms with Crippen molar-refractivity contribution in [2.75, 3.05) is 7.11 Å². The second-order valence-corrected chi connectivity index (χ2v) is 9.46. The van der Waals surface area contributed by atoms with Gasteiger partial charge in [0.1, 0.15) is 18.1 Å². The number of ether oxygens (including phenoxy) is 2. The van der Waals surface area contributed by atoms with Gasteiger partial charge < -0.3 is 14.0 Å². The van der Waals surface area contributed by atoms with Gasteiger partial charge in [-0.15, -0.1) is 0 Å². The molecule has 8 nitrogen and oxygen atoms in total. The van der Waals surface area contributed by atoms with Crippen LogP contribution in [0.3, 0.4) is 0 Å². The Morgan fingerprint density at radius 3 is 2.41 bits per heavy atom. The van der Waals surface area contributed by atoms with Crippen molar-refractivity contribution in [3.63, 3.8) is 0 Å². The smallest absolute Gasteiger partial charge is 0.334 e. The molecule has 0 aliphatic rings. The minimum atomic E-state index is -0.555. The maximum absolute atomic E-state index is 13.8. The van der Waals surface area contributed by atoms with Crippen LogP contribution in [0.4, 0.5) is 0 Å². The summed E-state index contributed by atoms with van der Waals surface area (Å²) >= 11 is 0. The number of aryl methyl sites for hydroxylation is 1. The van der Waals surface area contributed by atoms with Crippen LogP contribution in [0.5, 0.6) is 11.5 Å². The number of aromatic amines is 1. The number of fused-ring (bicyclic) bond motifs is 1. The summed E-state index contributed by atoms with van der Waals surface area (Å²) in [5, 5.41) is 0. The van der Waals surface area contributed by atoms with E-state index < -0.39 is 11.2 Å². The highest BCUT2D eigenvalue weighted by Gasteiger charge is 2.20. The first-order valence-corrected chi connectivity index (χ1v) is 13.2. The second kappa shape index (κ2) is 11.9. The highest BCUT2D eigenvalue weighted by molar-refractivity contribution is 5.70. The molecule has 1 N–H and O–H groups in total. The van der Waals surface area contributed by atoms with Crippen molar-refractivity contribution in [1.82, 2.24) is 19.1 Å². The number of nitrogens with zero attached hydrogens (tertiary/aromatic N) is 3. The minimum absolute atomic E-state index is 0.0601. The van der Waals surface area contributed by atoms with Crippen LogP contribution < -0.4 is 20.7 Å². The molecule has 0 amide bonds. The van der Waals surface area contributed by atoms with Crippen molar-refractivity contribution in [3.05, 3.63) is 117 Å². The number of para-hydroxylation sites is 2. The lowest BCUT2D eigenvalue weighted by Gasteiger charge is -2.18. The Morgan fingerprint density at radius 1 is 0.923 bits per heavy atom. The lowest BCUT2D eigenvalue weighted by Crippen LogP contribution is -2.35. The fraction of sp³-hybridized carbons (Fsp3) is 0.258. The van der Waals surface area contributed by atoms with E-state index in [0.717, 1.165) is 41.6 Å². The summed E-state index contributed by atoms with van der Waals surface area (Å²) in [6.45, 7) is 2.41. The number of hydrogen-bond acceptors (Lipinski definition) is 5. The standard InChI is InChI=1S/C31H32N4O4/c1-3-24(13-9-12-22-16-18-25(38-2)19-17-22)34-21-32-29-28(34)30(36)35(31(37)33-29)26-14-7-8-15-27(26)39-20-23-10-5-4-6-11-23/h4-8,10-11,14-19,21,24H,3,9,12-13,20H2,1-2H3,(H,33,37). The molecule has 5 rings (SSSR count). The van der Waals surface area contributed by atoms with Gasteiger partial charge in [-0.3, -0.25) is 9.78 Å². The average molecular weight is 525 g/mol. The highest BCUT2D eigenvalue weighted by Crippen LogP contribution is 2.25. The third kappa shape index (κ3) is 5.65. The van der Waals surface area contributed by atoms with Gasteiger partial charge in [0, 0.05) is 6.04 Å². The second-order valence-electron chi connectivity index (χ2n) is 9.46. The number of aromatic nitrogens is 4. The first kappa shape index (κ1) is 26.0. The van der Waals surface area contributed by atoms with E-state index in [0.29, 0.717) is 23.6 Å². The van der Waals surface area contributed by atoms with Crippen molar-refractivity contribution in [1.29, 1.82) is 0 Å². The summed E-state index contributed by atoms with van der Waals surface area (Å²) in [6.07, 6.45) is 5.21. The number of imidazole rings is 1. The number of hydrogen-bond donors (Lipinski definition) is 1. The summed E-state index contributed by atoms with van der Waals surface area (Å²) in [4.78, 5) is 34.1. The SMILES string of the molecule is CCC(CCCc1ccc(OC)cc1)n1cnc2[nH]c(=O)n(-c3ccccc3OCc3ccccc3)c(=O)c21. The lowest BCUT2D eigenvalue weighted by molar-refractivity contribution is 0.305. The van der Waals surface area contributed by atoms with Gasteiger partial charge in [0.25, 0.3) is 5.56 Å². The van der Waals surface area contributed by atoms with Gasteiger partial charge in [-0.05, 0) is 61.1 Å². The molecule has 2 heterocycles. The van der Waals surface area contributed by atoms with Crippen LogP contribution in [0.2, 0.25) is 0 Å². The summed E-state index contributed by atoms with van der Waals surface area (Å²) in [5.41, 5.74) is 2.31. The molecule has 0 spiro atoms. The molecule has 1 unspecified atom stereocenters. The van der Waals surface area contributed by atoms with Gasteiger partial charge in [-0.25, -0.2) is 14.3 Å². The van der Waals surface area contributed by atoms with E-state index >= 15 is 0 Å². The summed E-state index contributed by atoms with van der Waals surface area (Å²) < 4.78 is 14.3. The van der Waals surface area contributed by atoms with Crippen LogP contribution in [0.25, 0.3) is 16.9 Å². The molecule has 2 aromatic heterocycles. The Hall–Kier alpha value is -4.59. The molecule has 0 bridgehead atoms. The van der Waals surface area contributed by atoms with Gasteiger partial charge >= 0.3 is 5.69 Å². The molecule has 0 saturated carbocycles. The fourth-order valence-corrected chi connectivity index (χ4v) is 4.89. The molecule has 0 fully saturated rings. The average Bonchev–Trinajstić information content (AvgIpc) is 3.39. The number of methoxy groups -OCH3 is 1. The van der Waals surface area contributed by atoms with Crippen LogP contribution in [0.15, 0.2) is 94.8 Å². The van der Waals surface area contributed by atoms with Crippen molar-refractivity contribution in [2.45, 2.75) is 45.3 Å². The number of H-pyrrole nitrogens is 1. The molecule has 1 atom stereocenters. The van der Waals surface area contributed by atoms with Crippen molar-refractivity contribution in [3.8, 4) is 17.2 Å². The van der Waals surface area contributed by atoms with E-state index in [1.807, 2.05) is 53.1 Å². The highest BCUT2D eigenvalue weighted by atomic mass is 16.5. The van der Waals surface area contributed by atoms with Crippen molar-refractivity contribution in [2.24, 2.45) is 0 Å². The first-order chi connectivity index (χ1) is 19.1. The zero-order valence-electron chi connectivity index (χ0n) is 22.2. The molecule has 5 aromatic rings. The molecular formula is C31H32N4O4. The van der Waals surface area contributed by atoms with Gasteiger partial charge in [0.2, 0.25) is 0 Å². The van der Waals surface area contributed by atoms with Gasteiger partial charge in [0.05, 0.1) is 19.1 Å². The van der Waals surface area contributed by atoms with Crippen LogP contribution in [0, 0.1) is 0 Å². The van der Waals surface area contributed by atoms with Crippen LogP contribution in [0.1, 0.15) is 43.4 Å². The molecule has 0 aliphatic carbocycles. The predicted octanol–water partition coefficient (Wildman–Crippen LogP) is 5.44. The molecule has 3 aromatic carbocycles. The monoisotopic (exact) mass is 524 g/mol. The maximum atomic E-state index is 13.8. The van der Waals surface area contributed by atoms with E-state index in [1.165, 1.54) is 5.56 Å². The van der Waals surface area contributed by atoms with Gasteiger partial charge in [-0.2, -0.15) is 0 Å². The van der Waals surface area contributed by atoms with E-state index in [-0.39, 0.29) is 11.7 Å². The molecule has 200 valence electrons. The van der Waals surface area contributed by atoms with E-state index in [1.54, 1.807) is 31.6 Å². The Kier molecular flexibility index (Phi) is 7.91. The molecule has 0 radical (unpaired) electrons. The van der Waals surface area contributed by atoms with Gasteiger partial charge in [-0.1, -0.05) is 61.5 Å². The van der Waals surface area contributed by atoms with Crippen LogP contribution in [-0.4, -0.2) is 26.2 Å².